The van der Waals surface area contributed by atoms with Crippen LogP contribution in [0.5, 0.6) is 0 Å². The molecular formula is C12H25NO. The van der Waals surface area contributed by atoms with Crippen LogP contribution in [0.1, 0.15) is 40.0 Å². The van der Waals surface area contributed by atoms with E-state index in [0.717, 1.165) is 19.6 Å². The molecule has 2 heteroatoms. The molecule has 0 rings (SSSR count). The zero-order valence-corrected chi connectivity index (χ0v) is 9.88. The summed E-state index contributed by atoms with van der Waals surface area (Å²) < 4.78 is 5.58. The average molecular weight is 199 g/mol. The van der Waals surface area contributed by atoms with Crippen molar-refractivity contribution in [3.05, 3.63) is 12.7 Å². The van der Waals surface area contributed by atoms with Crippen molar-refractivity contribution in [3.63, 3.8) is 0 Å². The van der Waals surface area contributed by atoms with E-state index < -0.39 is 0 Å². The number of hydrogen-bond donors (Lipinski definition) is 1. The number of rotatable bonds is 9. The largest absolute Gasteiger partial charge is 0.377 e. The molecule has 0 aliphatic carbocycles. The first-order valence-electron chi connectivity index (χ1n) is 5.66. The van der Waals surface area contributed by atoms with Crippen LogP contribution in [-0.4, -0.2) is 25.3 Å². The van der Waals surface area contributed by atoms with Gasteiger partial charge in [-0.2, -0.15) is 0 Å². The molecule has 0 aromatic heterocycles. The van der Waals surface area contributed by atoms with Gasteiger partial charge in [-0.05, 0) is 26.7 Å². The van der Waals surface area contributed by atoms with Gasteiger partial charge in [-0.1, -0.05) is 19.4 Å². The minimum atomic E-state index is 0.300. The molecule has 0 fully saturated rings. The van der Waals surface area contributed by atoms with Crippen molar-refractivity contribution in [2.75, 3.05) is 13.2 Å². The maximum absolute atomic E-state index is 5.58. The summed E-state index contributed by atoms with van der Waals surface area (Å²) in [6.45, 7) is 11.9. The maximum Gasteiger partial charge on any atom is 0.0671 e. The quantitative estimate of drug-likeness (QED) is 0.455. The molecule has 0 amide bonds. The van der Waals surface area contributed by atoms with Gasteiger partial charge < -0.3 is 10.1 Å². The van der Waals surface area contributed by atoms with Gasteiger partial charge in [0.05, 0.1) is 12.7 Å². The summed E-state index contributed by atoms with van der Waals surface area (Å²) in [6, 6.07) is 0.602. The Morgan fingerprint density at radius 2 is 2.14 bits per heavy atom. The van der Waals surface area contributed by atoms with Crippen molar-refractivity contribution in [3.8, 4) is 0 Å². The van der Waals surface area contributed by atoms with E-state index in [4.69, 9.17) is 4.74 Å². The van der Waals surface area contributed by atoms with Crippen LogP contribution in [0.3, 0.4) is 0 Å². The monoisotopic (exact) mass is 199 g/mol. The third-order valence-electron chi connectivity index (χ3n) is 2.20. The Kier molecular flexibility index (Phi) is 9.00. The van der Waals surface area contributed by atoms with Gasteiger partial charge in [0.25, 0.3) is 0 Å². The van der Waals surface area contributed by atoms with E-state index in [1.54, 1.807) is 0 Å². The molecule has 0 aromatic carbocycles. The molecule has 0 saturated carbocycles. The second-order valence-electron chi connectivity index (χ2n) is 3.86. The van der Waals surface area contributed by atoms with Gasteiger partial charge in [-0.15, -0.1) is 6.58 Å². The topological polar surface area (TPSA) is 21.3 Å². The summed E-state index contributed by atoms with van der Waals surface area (Å²) in [5, 5.41) is 3.46. The molecule has 1 N–H and O–H groups in total. The Labute approximate surface area is 88.7 Å². The van der Waals surface area contributed by atoms with Crippen molar-refractivity contribution in [1.29, 1.82) is 0 Å². The molecule has 0 heterocycles. The predicted molar refractivity (Wildman–Crippen MR) is 62.6 cm³/mol. The summed E-state index contributed by atoms with van der Waals surface area (Å²) in [7, 11) is 0. The Bertz CT molecular complexity index is 136. The molecule has 84 valence electrons. The molecular weight excluding hydrogens is 174 g/mol. The fourth-order valence-corrected chi connectivity index (χ4v) is 1.31. The molecule has 0 aromatic rings. The van der Waals surface area contributed by atoms with Crippen LogP contribution in [0.25, 0.3) is 0 Å². The molecule has 0 radical (unpaired) electrons. The van der Waals surface area contributed by atoms with Gasteiger partial charge in [-0.25, -0.2) is 0 Å². The predicted octanol–water partition coefficient (Wildman–Crippen LogP) is 2.75. The van der Waals surface area contributed by atoms with Crippen molar-refractivity contribution in [2.24, 2.45) is 0 Å². The van der Waals surface area contributed by atoms with Crippen molar-refractivity contribution < 1.29 is 4.74 Å². The van der Waals surface area contributed by atoms with E-state index in [-0.39, 0.29) is 0 Å². The first kappa shape index (κ1) is 13.7. The fourth-order valence-electron chi connectivity index (χ4n) is 1.31. The summed E-state index contributed by atoms with van der Waals surface area (Å²) in [5.74, 6) is 0. The summed E-state index contributed by atoms with van der Waals surface area (Å²) in [6.07, 6.45) is 5.60. The van der Waals surface area contributed by atoms with Crippen LogP contribution in [0.15, 0.2) is 12.7 Å². The lowest BCUT2D eigenvalue weighted by Gasteiger charge is -2.17. The van der Waals surface area contributed by atoms with Gasteiger partial charge >= 0.3 is 0 Å². The third kappa shape index (κ3) is 8.27. The highest BCUT2D eigenvalue weighted by Gasteiger charge is 2.04. The molecule has 2 nitrogen and oxygen atoms in total. The molecule has 2 atom stereocenters. The van der Waals surface area contributed by atoms with Gasteiger partial charge in [0, 0.05) is 12.6 Å². The highest BCUT2D eigenvalue weighted by molar-refractivity contribution is 4.67. The Morgan fingerprint density at radius 3 is 2.71 bits per heavy atom. The van der Waals surface area contributed by atoms with Crippen molar-refractivity contribution >= 4 is 0 Å². The highest BCUT2D eigenvalue weighted by atomic mass is 16.5. The normalized spacial score (nSPS) is 15.1. The number of hydrogen-bond acceptors (Lipinski definition) is 2. The smallest absolute Gasteiger partial charge is 0.0671 e. The molecule has 2 unspecified atom stereocenters. The molecule has 0 bridgehead atoms. The molecule has 0 saturated heterocycles. The summed E-state index contributed by atoms with van der Waals surface area (Å²) >= 11 is 0. The van der Waals surface area contributed by atoms with Crippen LogP contribution in [0.4, 0.5) is 0 Å². The van der Waals surface area contributed by atoms with E-state index >= 15 is 0 Å². The second-order valence-corrected chi connectivity index (χ2v) is 3.86. The summed E-state index contributed by atoms with van der Waals surface area (Å²) in [4.78, 5) is 0. The zero-order chi connectivity index (χ0) is 10.8. The third-order valence-corrected chi connectivity index (χ3v) is 2.20. The van der Waals surface area contributed by atoms with Gasteiger partial charge in [0.2, 0.25) is 0 Å². The minimum Gasteiger partial charge on any atom is -0.377 e. The van der Waals surface area contributed by atoms with Crippen molar-refractivity contribution in [1.82, 2.24) is 5.32 Å². The lowest BCUT2D eigenvalue weighted by atomic mass is 10.2. The summed E-state index contributed by atoms with van der Waals surface area (Å²) in [5.41, 5.74) is 0. The first-order chi connectivity index (χ1) is 6.70. The van der Waals surface area contributed by atoms with Crippen LogP contribution in [0, 0.1) is 0 Å². The van der Waals surface area contributed by atoms with Gasteiger partial charge in [0.15, 0.2) is 0 Å². The van der Waals surface area contributed by atoms with Crippen LogP contribution >= 0.6 is 0 Å². The Hall–Kier alpha value is -0.340. The molecule has 14 heavy (non-hydrogen) atoms. The number of ether oxygens (including phenoxy) is 1. The Morgan fingerprint density at radius 1 is 1.43 bits per heavy atom. The van der Waals surface area contributed by atoms with Crippen LogP contribution < -0.4 is 5.32 Å². The van der Waals surface area contributed by atoms with Crippen molar-refractivity contribution in [2.45, 2.75) is 52.2 Å². The van der Waals surface area contributed by atoms with E-state index in [1.807, 2.05) is 6.08 Å². The second kappa shape index (κ2) is 9.22. The lowest BCUT2D eigenvalue weighted by molar-refractivity contribution is 0.0674. The minimum absolute atomic E-state index is 0.300. The van der Waals surface area contributed by atoms with Crippen LogP contribution in [-0.2, 0) is 4.74 Å². The Balaban J connectivity index is 3.33. The zero-order valence-electron chi connectivity index (χ0n) is 9.88. The first-order valence-corrected chi connectivity index (χ1v) is 5.66. The molecule has 0 spiro atoms. The fraction of sp³-hybridized carbons (Fsp3) is 0.833. The number of nitrogens with one attached hydrogen (secondary N) is 1. The molecule has 0 aliphatic heterocycles. The SMILES string of the molecule is C=CCCOC(C)CNC(C)CCC. The standard InChI is InChI=1S/C12H25NO/c1-5-7-9-14-12(4)10-13-11(3)8-6-2/h5,11-13H,1,6-10H2,2-4H3. The van der Waals surface area contributed by atoms with Gasteiger partial charge in [0.1, 0.15) is 0 Å². The van der Waals surface area contributed by atoms with E-state index in [1.165, 1.54) is 12.8 Å². The van der Waals surface area contributed by atoms with E-state index in [2.05, 4.69) is 32.7 Å². The highest BCUT2D eigenvalue weighted by Crippen LogP contribution is 1.97. The molecule has 0 aliphatic rings. The van der Waals surface area contributed by atoms with E-state index in [9.17, 15) is 0 Å². The maximum atomic E-state index is 5.58. The van der Waals surface area contributed by atoms with Crippen LogP contribution in [0.2, 0.25) is 0 Å². The van der Waals surface area contributed by atoms with E-state index in [0.29, 0.717) is 12.1 Å². The lowest BCUT2D eigenvalue weighted by Crippen LogP contribution is -2.33. The van der Waals surface area contributed by atoms with Gasteiger partial charge in [-0.3, -0.25) is 0 Å². The average Bonchev–Trinajstić information content (AvgIpc) is 2.16.